The zero-order chi connectivity index (χ0) is 11.7. The highest BCUT2D eigenvalue weighted by molar-refractivity contribution is 5.70. The van der Waals surface area contributed by atoms with E-state index in [9.17, 15) is 15.0 Å². The first-order valence-corrected chi connectivity index (χ1v) is 5.07. The van der Waals surface area contributed by atoms with Crippen molar-refractivity contribution in [3.05, 3.63) is 35.4 Å². The summed E-state index contributed by atoms with van der Waals surface area (Å²) in [5, 5.41) is 19.7. The van der Waals surface area contributed by atoms with Crippen molar-refractivity contribution in [3.8, 4) is 0 Å². The minimum atomic E-state index is -1.15. The maximum absolute atomic E-state index is 11.5. The number of aliphatic hydroxyl groups is 2. The number of hydrogen-bond acceptors (Lipinski definition) is 4. The monoisotopic (exact) mass is 223 g/mol. The second-order valence-corrected chi connectivity index (χ2v) is 3.48. The minimum absolute atomic E-state index is 0.200. The highest BCUT2D eigenvalue weighted by Gasteiger charge is 2.40. The standard InChI is InChI=1S/C11H13NO4/c1-2-16-11(15)12-9(13)7-5-3-4-6-8(7)10(12)14/h3-6,9-10,13-14H,2H2,1H3. The molecule has 0 saturated heterocycles. The number of hydrogen-bond donors (Lipinski definition) is 2. The molecule has 1 aromatic rings. The largest absolute Gasteiger partial charge is 0.450 e. The molecular weight excluding hydrogens is 210 g/mol. The van der Waals surface area contributed by atoms with Crippen molar-refractivity contribution in [3.63, 3.8) is 0 Å². The average Bonchev–Trinajstić information content (AvgIpc) is 2.53. The van der Waals surface area contributed by atoms with Gasteiger partial charge in [0.15, 0.2) is 12.5 Å². The van der Waals surface area contributed by atoms with Crippen LogP contribution in [0.15, 0.2) is 24.3 Å². The molecule has 2 atom stereocenters. The van der Waals surface area contributed by atoms with Crippen LogP contribution in [0.2, 0.25) is 0 Å². The fourth-order valence-corrected chi connectivity index (χ4v) is 1.81. The second kappa shape index (κ2) is 4.11. The molecule has 5 heteroatoms. The lowest BCUT2D eigenvalue weighted by atomic mass is 10.1. The van der Waals surface area contributed by atoms with Crippen molar-refractivity contribution in [1.29, 1.82) is 0 Å². The Bertz CT molecular complexity index is 378. The van der Waals surface area contributed by atoms with Crippen molar-refractivity contribution in [2.45, 2.75) is 19.4 Å². The van der Waals surface area contributed by atoms with Crippen molar-refractivity contribution in [1.82, 2.24) is 4.90 Å². The first-order chi connectivity index (χ1) is 7.66. The van der Waals surface area contributed by atoms with Crippen molar-refractivity contribution < 1.29 is 19.7 Å². The van der Waals surface area contributed by atoms with Crippen LogP contribution in [0.4, 0.5) is 4.79 Å². The van der Waals surface area contributed by atoms with Gasteiger partial charge >= 0.3 is 6.09 Å². The van der Waals surface area contributed by atoms with Gasteiger partial charge in [0.1, 0.15) is 0 Å². The van der Waals surface area contributed by atoms with Gasteiger partial charge in [0.25, 0.3) is 0 Å². The molecule has 5 nitrogen and oxygen atoms in total. The molecule has 16 heavy (non-hydrogen) atoms. The smallest absolute Gasteiger partial charge is 0.414 e. The van der Waals surface area contributed by atoms with Gasteiger partial charge in [-0.25, -0.2) is 9.69 Å². The Morgan fingerprint density at radius 3 is 2.25 bits per heavy atom. The maximum atomic E-state index is 11.5. The molecule has 0 aromatic heterocycles. The van der Waals surface area contributed by atoms with Gasteiger partial charge in [-0.15, -0.1) is 0 Å². The van der Waals surface area contributed by atoms with Crippen LogP contribution < -0.4 is 0 Å². The van der Waals surface area contributed by atoms with Gasteiger partial charge in [-0.3, -0.25) is 0 Å². The Labute approximate surface area is 92.9 Å². The van der Waals surface area contributed by atoms with Crippen molar-refractivity contribution >= 4 is 6.09 Å². The molecule has 1 amide bonds. The molecular formula is C11H13NO4. The molecule has 0 aliphatic carbocycles. The van der Waals surface area contributed by atoms with Crippen LogP contribution in [0, 0.1) is 0 Å². The number of rotatable bonds is 1. The van der Waals surface area contributed by atoms with Gasteiger partial charge in [-0.05, 0) is 6.92 Å². The highest BCUT2D eigenvalue weighted by atomic mass is 16.6. The predicted molar refractivity (Wildman–Crippen MR) is 55.2 cm³/mol. The lowest BCUT2D eigenvalue weighted by Gasteiger charge is -2.23. The van der Waals surface area contributed by atoms with E-state index in [1.165, 1.54) is 0 Å². The summed E-state index contributed by atoms with van der Waals surface area (Å²) in [4.78, 5) is 12.4. The average molecular weight is 223 g/mol. The Kier molecular flexibility index (Phi) is 2.80. The fraction of sp³-hybridized carbons (Fsp3) is 0.364. The van der Waals surface area contributed by atoms with Gasteiger partial charge in [0.05, 0.1) is 6.61 Å². The number of aliphatic hydroxyl groups excluding tert-OH is 2. The summed E-state index contributed by atoms with van der Waals surface area (Å²) in [5.74, 6) is 0. The van der Waals surface area contributed by atoms with E-state index in [0.29, 0.717) is 11.1 Å². The lowest BCUT2D eigenvalue weighted by molar-refractivity contribution is -0.0714. The van der Waals surface area contributed by atoms with Crippen LogP contribution in [0.25, 0.3) is 0 Å². The first-order valence-electron chi connectivity index (χ1n) is 5.07. The van der Waals surface area contributed by atoms with E-state index >= 15 is 0 Å². The number of ether oxygens (including phenoxy) is 1. The topological polar surface area (TPSA) is 70.0 Å². The van der Waals surface area contributed by atoms with E-state index in [4.69, 9.17) is 4.74 Å². The number of carbonyl (C=O) groups is 1. The summed E-state index contributed by atoms with van der Waals surface area (Å²) in [6.07, 6.45) is -3.02. The Hall–Kier alpha value is -1.59. The fourth-order valence-electron chi connectivity index (χ4n) is 1.81. The maximum Gasteiger partial charge on any atom is 0.414 e. The molecule has 2 N–H and O–H groups in total. The summed E-state index contributed by atoms with van der Waals surface area (Å²) in [6.45, 7) is 1.87. The van der Waals surface area contributed by atoms with E-state index in [0.717, 1.165) is 4.90 Å². The van der Waals surface area contributed by atoms with Gasteiger partial charge in [0, 0.05) is 11.1 Å². The summed E-state index contributed by atoms with van der Waals surface area (Å²) >= 11 is 0. The molecule has 2 unspecified atom stereocenters. The Balaban J connectivity index is 2.31. The first kappa shape index (κ1) is 10.9. The lowest BCUT2D eigenvalue weighted by Crippen LogP contribution is -2.33. The van der Waals surface area contributed by atoms with Crippen molar-refractivity contribution in [2.75, 3.05) is 6.61 Å². The quantitative estimate of drug-likeness (QED) is 0.749. The van der Waals surface area contributed by atoms with E-state index in [1.807, 2.05) is 0 Å². The number of benzene rings is 1. The molecule has 0 radical (unpaired) electrons. The van der Waals surface area contributed by atoms with Crippen LogP contribution in [-0.4, -0.2) is 27.8 Å². The molecule has 1 aliphatic rings. The predicted octanol–water partition coefficient (Wildman–Crippen LogP) is 1.14. The molecule has 0 fully saturated rings. The zero-order valence-corrected chi connectivity index (χ0v) is 8.83. The van der Waals surface area contributed by atoms with Gasteiger partial charge in [0.2, 0.25) is 0 Å². The van der Waals surface area contributed by atoms with E-state index in [1.54, 1.807) is 31.2 Å². The summed E-state index contributed by atoms with van der Waals surface area (Å²) in [6, 6.07) is 6.82. The Morgan fingerprint density at radius 2 is 1.81 bits per heavy atom. The third kappa shape index (κ3) is 1.54. The molecule has 0 bridgehead atoms. The van der Waals surface area contributed by atoms with E-state index in [-0.39, 0.29) is 6.61 Å². The highest BCUT2D eigenvalue weighted by Crippen LogP contribution is 2.38. The molecule has 1 heterocycles. The molecule has 0 saturated carbocycles. The number of amides is 1. The second-order valence-electron chi connectivity index (χ2n) is 3.48. The number of carbonyl (C=O) groups excluding carboxylic acids is 1. The third-order valence-electron chi connectivity index (χ3n) is 2.56. The molecule has 1 aromatic carbocycles. The van der Waals surface area contributed by atoms with E-state index in [2.05, 4.69) is 0 Å². The SMILES string of the molecule is CCOC(=O)N1C(O)c2ccccc2C1O. The summed E-state index contributed by atoms with van der Waals surface area (Å²) in [7, 11) is 0. The molecule has 1 aliphatic heterocycles. The number of nitrogens with zero attached hydrogens (tertiary/aromatic N) is 1. The van der Waals surface area contributed by atoms with Crippen LogP contribution in [0.3, 0.4) is 0 Å². The van der Waals surface area contributed by atoms with Crippen LogP contribution in [0.5, 0.6) is 0 Å². The summed E-state index contributed by atoms with van der Waals surface area (Å²) < 4.78 is 4.76. The summed E-state index contributed by atoms with van der Waals surface area (Å²) in [5.41, 5.74) is 1.06. The molecule has 86 valence electrons. The van der Waals surface area contributed by atoms with Gasteiger partial charge in [-0.1, -0.05) is 24.3 Å². The Morgan fingerprint density at radius 1 is 1.31 bits per heavy atom. The normalized spacial score (nSPS) is 23.1. The minimum Gasteiger partial charge on any atom is -0.450 e. The number of fused-ring (bicyclic) bond motifs is 1. The van der Waals surface area contributed by atoms with Crippen molar-refractivity contribution in [2.24, 2.45) is 0 Å². The molecule has 2 rings (SSSR count). The zero-order valence-electron chi connectivity index (χ0n) is 8.83. The molecule has 0 spiro atoms. The third-order valence-corrected chi connectivity index (χ3v) is 2.56. The van der Waals surface area contributed by atoms with E-state index < -0.39 is 18.5 Å². The van der Waals surface area contributed by atoms with Gasteiger partial charge in [-0.2, -0.15) is 0 Å². The van der Waals surface area contributed by atoms with Crippen LogP contribution in [0.1, 0.15) is 30.5 Å². The van der Waals surface area contributed by atoms with Crippen LogP contribution >= 0.6 is 0 Å². The van der Waals surface area contributed by atoms with Gasteiger partial charge < -0.3 is 14.9 Å². The van der Waals surface area contributed by atoms with Crippen LogP contribution in [-0.2, 0) is 4.74 Å².